The second-order valence-corrected chi connectivity index (χ2v) is 5.36. The van der Waals surface area contributed by atoms with E-state index in [0.29, 0.717) is 25.6 Å². The maximum absolute atomic E-state index is 12.5. The third-order valence-electron chi connectivity index (χ3n) is 3.89. The van der Waals surface area contributed by atoms with Gasteiger partial charge in [0.05, 0.1) is 18.8 Å². The van der Waals surface area contributed by atoms with E-state index in [9.17, 15) is 13.2 Å². The summed E-state index contributed by atoms with van der Waals surface area (Å²) in [5, 5.41) is 0. The van der Waals surface area contributed by atoms with Crippen LogP contribution in [-0.4, -0.2) is 37.6 Å². The Bertz CT molecular complexity index is 472. The van der Waals surface area contributed by atoms with Crippen molar-refractivity contribution >= 4 is 5.82 Å². The summed E-state index contributed by atoms with van der Waals surface area (Å²) < 4.78 is 48.7. The normalized spacial score (nSPS) is 24.5. The number of hydrogen-bond donors (Lipinski definition) is 0. The minimum Gasteiger partial charge on any atom is -0.356 e. The highest BCUT2D eigenvalue weighted by Crippen LogP contribution is 2.31. The summed E-state index contributed by atoms with van der Waals surface area (Å²) in [6.45, 7) is 2.71. The van der Waals surface area contributed by atoms with E-state index in [1.54, 1.807) is 0 Å². The van der Waals surface area contributed by atoms with Crippen LogP contribution in [0.2, 0.25) is 0 Å². The molecule has 1 atom stereocenters. The van der Waals surface area contributed by atoms with Crippen LogP contribution in [0.5, 0.6) is 0 Å². The van der Waals surface area contributed by atoms with E-state index in [1.165, 1.54) is 6.07 Å². The average molecular weight is 302 g/mol. The molecule has 3 rings (SSSR count). The molecule has 0 bridgehead atoms. The Labute approximate surface area is 120 Å². The van der Waals surface area contributed by atoms with Crippen LogP contribution in [0.15, 0.2) is 18.3 Å². The van der Waals surface area contributed by atoms with Crippen molar-refractivity contribution in [3.05, 3.63) is 23.9 Å². The van der Waals surface area contributed by atoms with Gasteiger partial charge in [-0.15, -0.1) is 0 Å². The summed E-state index contributed by atoms with van der Waals surface area (Å²) in [6.07, 6.45) is -1.69. The Morgan fingerprint density at radius 1 is 1.19 bits per heavy atom. The lowest BCUT2D eigenvalue weighted by atomic mass is 9.97. The first-order chi connectivity index (χ1) is 10.0. The summed E-state index contributed by atoms with van der Waals surface area (Å²) in [6, 6.07) is 2.51. The van der Waals surface area contributed by atoms with Gasteiger partial charge in [0.25, 0.3) is 0 Å². The smallest absolute Gasteiger partial charge is 0.356 e. The molecular formula is C14H17F3N2O2. The molecule has 1 aromatic heterocycles. The molecule has 116 valence electrons. The molecule has 0 N–H and O–H groups in total. The van der Waals surface area contributed by atoms with Crippen LogP contribution in [-0.2, 0) is 15.7 Å². The molecule has 3 heterocycles. The molecule has 2 aliphatic heterocycles. The second-order valence-electron chi connectivity index (χ2n) is 5.36. The van der Waals surface area contributed by atoms with Crippen molar-refractivity contribution < 1.29 is 22.6 Å². The van der Waals surface area contributed by atoms with Crippen molar-refractivity contribution in [2.45, 2.75) is 25.3 Å². The number of nitrogens with zero attached hydrogens (tertiary/aromatic N) is 2. The molecule has 0 radical (unpaired) electrons. The number of anilines is 1. The zero-order chi connectivity index (χ0) is 14.9. The predicted octanol–water partition coefficient (Wildman–Crippen LogP) is 2.69. The lowest BCUT2D eigenvalue weighted by Crippen LogP contribution is -2.41. The number of hydrogen-bond acceptors (Lipinski definition) is 4. The zero-order valence-electron chi connectivity index (χ0n) is 11.5. The number of aromatic nitrogens is 1. The molecule has 21 heavy (non-hydrogen) atoms. The van der Waals surface area contributed by atoms with Crippen molar-refractivity contribution in [2.24, 2.45) is 5.92 Å². The van der Waals surface area contributed by atoms with Gasteiger partial charge in [-0.2, -0.15) is 13.2 Å². The lowest BCUT2D eigenvalue weighted by Gasteiger charge is -2.35. The van der Waals surface area contributed by atoms with Crippen LogP contribution in [0.3, 0.4) is 0 Å². The Morgan fingerprint density at radius 2 is 1.95 bits per heavy atom. The van der Waals surface area contributed by atoms with Crippen molar-refractivity contribution in [3.63, 3.8) is 0 Å². The van der Waals surface area contributed by atoms with E-state index in [4.69, 9.17) is 9.47 Å². The highest BCUT2D eigenvalue weighted by molar-refractivity contribution is 5.40. The third kappa shape index (κ3) is 3.29. The van der Waals surface area contributed by atoms with Gasteiger partial charge in [-0.1, -0.05) is 0 Å². The fourth-order valence-electron chi connectivity index (χ4n) is 2.83. The highest BCUT2D eigenvalue weighted by Gasteiger charge is 2.33. The van der Waals surface area contributed by atoms with Gasteiger partial charge in [0.2, 0.25) is 0 Å². The fraction of sp³-hybridized carbons (Fsp3) is 0.643. The van der Waals surface area contributed by atoms with E-state index >= 15 is 0 Å². The number of pyridine rings is 1. The molecule has 2 aliphatic rings. The maximum atomic E-state index is 12.5. The van der Waals surface area contributed by atoms with Crippen LogP contribution in [0, 0.1) is 5.92 Å². The van der Waals surface area contributed by atoms with Gasteiger partial charge >= 0.3 is 6.18 Å². The SMILES string of the molecule is FC(F)(F)c1ccc(N2CCC[C@H](C3OCCO3)C2)nc1. The molecule has 0 amide bonds. The van der Waals surface area contributed by atoms with E-state index in [-0.39, 0.29) is 12.2 Å². The van der Waals surface area contributed by atoms with Gasteiger partial charge in [-0.25, -0.2) is 4.98 Å². The number of ether oxygens (including phenoxy) is 2. The molecule has 2 saturated heterocycles. The quantitative estimate of drug-likeness (QED) is 0.841. The average Bonchev–Trinajstić information content (AvgIpc) is 3.01. The first-order valence-electron chi connectivity index (χ1n) is 7.05. The molecule has 0 saturated carbocycles. The van der Waals surface area contributed by atoms with Crippen LogP contribution < -0.4 is 4.90 Å². The number of alkyl halides is 3. The van der Waals surface area contributed by atoms with Gasteiger partial charge in [0, 0.05) is 25.2 Å². The summed E-state index contributed by atoms with van der Waals surface area (Å²) in [7, 11) is 0. The number of halogens is 3. The molecule has 4 nitrogen and oxygen atoms in total. The van der Waals surface area contributed by atoms with Gasteiger partial charge in [-0.3, -0.25) is 0 Å². The van der Waals surface area contributed by atoms with E-state index in [1.807, 2.05) is 4.90 Å². The van der Waals surface area contributed by atoms with E-state index in [0.717, 1.165) is 31.6 Å². The maximum Gasteiger partial charge on any atom is 0.417 e. The van der Waals surface area contributed by atoms with Crippen molar-refractivity contribution in [1.82, 2.24) is 4.98 Å². The Balaban J connectivity index is 1.68. The largest absolute Gasteiger partial charge is 0.417 e. The van der Waals surface area contributed by atoms with Crippen LogP contribution in [0.1, 0.15) is 18.4 Å². The fourth-order valence-corrected chi connectivity index (χ4v) is 2.83. The molecule has 0 unspecified atom stereocenters. The van der Waals surface area contributed by atoms with Crippen molar-refractivity contribution in [1.29, 1.82) is 0 Å². The second kappa shape index (κ2) is 5.81. The Morgan fingerprint density at radius 3 is 2.57 bits per heavy atom. The first kappa shape index (κ1) is 14.6. The summed E-state index contributed by atoms with van der Waals surface area (Å²) >= 11 is 0. The van der Waals surface area contributed by atoms with Gasteiger partial charge in [-0.05, 0) is 25.0 Å². The number of rotatable bonds is 2. The first-order valence-corrected chi connectivity index (χ1v) is 7.05. The molecular weight excluding hydrogens is 285 g/mol. The molecule has 7 heteroatoms. The van der Waals surface area contributed by atoms with Crippen LogP contribution in [0.25, 0.3) is 0 Å². The molecule has 0 spiro atoms. The van der Waals surface area contributed by atoms with Gasteiger partial charge < -0.3 is 14.4 Å². The molecule has 2 fully saturated rings. The summed E-state index contributed by atoms with van der Waals surface area (Å²) in [5.74, 6) is 0.816. The molecule has 1 aromatic rings. The van der Waals surface area contributed by atoms with Crippen molar-refractivity contribution in [3.8, 4) is 0 Å². The van der Waals surface area contributed by atoms with E-state index < -0.39 is 11.7 Å². The van der Waals surface area contributed by atoms with Gasteiger partial charge in [0.15, 0.2) is 6.29 Å². The van der Waals surface area contributed by atoms with E-state index in [2.05, 4.69) is 4.98 Å². The lowest BCUT2D eigenvalue weighted by molar-refractivity contribution is -0.137. The van der Waals surface area contributed by atoms with Crippen LogP contribution >= 0.6 is 0 Å². The zero-order valence-corrected chi connectivity index (χ0v) is 11.5. The molecule has 0 aromatic carbocycles. The monoisotopic (exact) mass is 302 g/mol. The Kier molecular flexibility index (Phi) is 4.03. The topological polar surface area (TPSA) is 34.6 Å². The van der Waals surface area contributed by atoms with Crippen molar-refractivity contribution in [2.75, 3.05) is 31.2 Å². The minimum atomic E-state index is -4.35. The standard InChI is InChI=1S/C14H17F3N2O2/c15-14(16,17)11-3-4-12(18-8-11)19-5-1-2-10(9-19)13-20-6-7-21-13/h3-4,8,10,13H,1-2,5-7,9H2/t10-/m0/s1. The highest BCUT2D eigenvalue weighted by atomic mass is 19.4. The summed E-state index contributed by atoms with van der Waals surface area (Å²) in [4.78, 5) is 5.95. The number of piperidine rings is 1. The third-order valence-corrected chi connectivity index (χ3v) is 3.89. The molecule has 0 aliphatic carbocycles. The predicted molar refractivity (Wildman–Crippen MR) is 69.9 cm³/mol. The Hall–Kier alpha value is -1.34. The minimum absolute atomic E-state index is 0.192. The summed E-state index contributed by atoms with van der Waals surface area (Å²) in [5.41, 5.74) is -0.720. The van der Waals surface area contributed by atoms with Gasteiger partial charge in [0.1, 0.15) is 5.82 Å². The van der Waals surface area contributed by atoms with Crippen LogP contribution in [0.4, 0.5) is 19.0 Å².